The van der Waals surface area contributed by atoms with Crippen LogP contribution >= 0.6 is 0 Å². The summed E-state index contributed by atoms with van der Waals surface area (Å²) in [7, 11) is 1.71. The highest BCUT2D eigenvalue weighted by molar-refractivity contribution is 5.96. The van der Waals surface area contributed by atoms with E-state index >= 15 is 0 Å². The van der Waals surface area contributed by atoms with Gasteiger partial charge in [0, 0.05) is 36.5 Å². The highest BCUT2D eigenvalue weighted by atomic mass is 19.1. The van der Waals surface area contributed by atoms with Crippen LogP contribution in [0.5, 0.6) is 5.75 Å². The number of pyridine rings is 1. The first kappa shape index (κ1) is 19.0. The summed E-state index contributed by atoms with van der Waals surface area (Å²) in [5, 5.41) is 1.92. The Morgan fingerprint density at radius 2 is 2.17 bits per heavy atom. The van der Waals surface area contributed by atoms with E-state index in [1.807, 2.05) is 18.0 Å². The SMILES string of the molecule is CCN1NNC2=C1c1cnc(N)c(c1)O[C@H](C)c1cc(F)ccc1C(=O)N(C)C2. The van der Waals surface area contributed by atoms with Crippen molar-refractivity contribution in [2.45, 2.75) is 20.0 Å². The molecule has 4 N–H and O–H groups in total. The van der Waals surface area contributed by atoms with E-state index in [0.717, 1.165) is 17.0 Å². The summed E-state index contributed by atoms with van der Waals surface area (Å²) in [6.07, 6.45) is 1.06. The molecule has 0 unspecified atom stereocenters. The van der Waals surface area contributed by atoms with Crippen molar-refractivity contribution in [3.63, 3.8) is 0 Å². The molecule has 0 radical (unpaired) electrons. The average molecular weight is 398 g/mol. The molecule has 2 aliphatic heterocycles. The number of hydrogen-bond acceptors (Lipinski definition) is 7. The summed E-state index contributed by atoms with van der Waals surface area (Å²) in [5.41, 5.74) is 15.5. The number of amides is 1. The normalized spacial score (nSPS) is 19.0. The van der Waals surface area contributed by atoms with E-state index in [4.69, 9.17) is 10.5 Å². The zero-order valence-corrected chi connectivity index (χ0v) is 16.5. The van der Waals surface area contributed by atoms with E-state index in [0.29, 0.717) is 30.0 Å². The minimum Gasteiger partial charge on any atom is -0.482 e. The van der Waals surface area contributed by atoms with Crippen molar-refractivity contribution in [2.75, 3.05) is 25.9 Å². The number of benzene rings is 1. The fraction of sp³-hybridized carbons (Fsp3) is 0.300. The lowest BCUT2D eigenvalue weighted by molar-refractivity contribution is 0.0800. The smallest absolute Gasteiger partial charge is 0.254 e. The lowest BCUT2D eigenvalue weighted by atomic mass is 10.0. The van der Waals surface area contributed by atoms with Crippen LogP contribution in [0.1, 0.15) is 41.4 Å². The van der Waals surface area contributed by atoms with Crippen molar-refractivity contribution in [3.8, 4) is 5.75 Å². The number of nitrogens with zero attached hydrogens (tertiary/aromatic N) is 3. The first-order valence-electron chi connectivity index (χ1n) is 9.38. The molecule has 1 aromatic carbocycles. The molecule has 4 rings (SSSR count). The van der Waals surface area contributed by atoms with E-state index in [2.05, 4.69) is 15.9 Å². The number of aromatic nitrogens is 1. The van der Waals surface area contributed by atoms with Gasteiger partial charge in [-0.3, -0.25) is 9.80 Å². The molecule has 0 saturated heterocycles. The van der Waals surface area contributed by atoms with Crippen molar-refractivity contribution < 1.29 is 13.9 Å². The van der Waals surface area contributed by atoms with Crippen LogP contribution in [0.15, 0.2) is 36.2 Å². The van der Waals surface area contributed by atoms with Crippen LogP contribution < -0.4 is 21.4 Å². The predicted molar refractivity (Wildman–Crippen MR) is 107 cm³/mol. The maximum Gasteiger partial charge on any atom is 0.254 e. The molecular weight excluding hydrogens is 375 g/mol. The third-order valence-electron chi connectivity index (χ3n) is 5.10. The lowest BCUT2D eigenvalue weighted by Gasteiger charge is -2.25. The predicted octanol–water partition coefficient (Wildman–Crippen LogP) is 2.04. The molecule has 9 heteroatoms. The second kappa shape index (κ2) is 7.25. The maximum atomic E-state index is 14.0. The Bertz CT molecular complexity index is 1010. The number of hydrazine groups is 2. The molecule has 0 aliphatic carbocycles. The molecule has 0 spiro atoms. The summed E-state index contributed by atoms with van der Waals surface area (Å²) in [6.45, 7) is 4.77. The van der Waals surface area contributed by atoms with Gasteiger partial charge in [0.15, 0.2) is 11.6 Å². The van der Waals surface area contributed by atoms with Crippen LogP contribution in [0, 0.1) is 5.82 Å². The molecule has 1 atom stereocenters. The standard InChI is InChI=1S/C20H23FN6O2/c1-4-27-18-12-7-17(19(22)23-9-12)29-11(2)15-8-13(21)5-6-14(15)20(28)26(3)10-16(18)24-25-27/h5-9,11,24-25H,4,10H2,1-3H3,(H2,22,23)/t11-/m1/s1. The summed E-state index contributed by atoms with van der Waals surface area (Å²) in [6, 6.07) is 5.90. The van der Waals surface area contributed by atoms with E-state index in [9.17, 15) is 9.18 Å². The topological polar surface area (TPSA) is 95.7 Å². The van der Waals surface area contributed by atoms with Gasteiger partial charge in [0.25, 0.3) is 5.91 Å². The number of hydrogen-bond donors (Lipinski definition) is 3. The fourth-order valence-corrected chi connectivity index (χ4v) is 3.61. The third-order valence-corrected chi connectivity index (χ3v) is 5.10. The lowest BCUT2D eigenvalue weighted by Crippen LogP contribution is -2.39. The number of nitrogens with one attached hydrogen (secondary N) is 2. The van der Waals surface area contributed by atoms with Gasteiger partial charge in [0.05, 0.1) is 17.9 Å². The number of nitrogen functional groups attached to an aromatic ring is 1. The molecule has 152 valence electrons. The number of rotatable bonds is 1. The van der Waals surface area contributed by atoms with Crippen molar-refractivity contribution in [3.05, 3.63) is 58.7 Å². The molecular formula is C20H23FN6O2. The van der Waals surface area contributed by atoms with E-state index in [-0.39, 0.29) is 11.7 Å². The van der Waals surface area contributed by atoms with Gasteiger partial charge in [-0.25, -0.2) is 9.37 Å². The second-order valence-corrected chi connectivity index (χ2v) is 7.07. The number of anilines is 1. The summed E-state index contributed by atoms with van der Waals surface area (Å²) in [4.78, 5) is 19.0. The van der Waals surface area contributed by atoms with E-state index in [1.165, 1.54) is 18.2 Å². The molecule has 2 aliphatic rings. The number of ether oxygens (including phenoxy) is 1. The number of fused-ring (bicyclic) bond motifs is 4. The first-order chi connectivity index (χ1) is 13.9. The zero-order valence-electron chi connectivity index (χ0n) is 16.5. The Balaban J connectivity index is 1.91. The van der Waals surface area contributed by atoms with Gasteiger partial charge < -0.3 is 20.8 Å². The monoisotopic (exact) mass is 398 g/mol. The summed E-state index contributed by atoms with van der Waals surface area (Å²) >= 11 is 0. The number of nitrogens with two attached hydrogens (primary N) is 1. The number of likely N-dealkylation sites (N-methyl/N-ethyl adjacent to an activating group) is 1. The van der Waals surface area contributed by atoms with Crippen LogP contribution in [0.2, 0.25) is 0 Å². The van der Waals surface area contributed by atoms with Crippen LogP contribution in [-0.2, 0) is 0 Å². The summed E-state index contributed by atoms with van der Waals surface area (Å²) in [5.74, 6) is -0.0641. The van der Waals surface area contributed by atoms with Crippen LogP contribution in [-0.4, -0.2) is 40.9 Å². The minimum absolute atomic E-state index is 0.225. The average Bonchev–Trinajstić information content (AvgIpc) is 3.10. The van der Waals surface area contributed by atoms with Gasteiger partial charge in [-0.05, 0) is 38.1 Å². The van der Waals surface area contributed by atoms with Crippen molar-refractivity contribution >= 4 is 17.4 Å². The largest absolute Gasteiger partial charge is 0.482 e. The van der Waals surface area contributed by atoms with Crippen LogP contribution in [0.3, 0.4) is 0 Å². The quantitative estimate of drug-likeness (QED) is 0.677. The van der Waals surface area contributed by atoms with Gasteiger partial charge in [-0.15, -0.1) is 5.53 Å². The van der Waals surface area contributed by atoms with Gasteiger partial charge in [0.2, 0.25) is 0 Å². The van der Waals surface area contributed by atoms with Gasteiger partial charge in [-0.2, -0.15) is 0 Å². The highest BCUT2D eigenvalue weighted by Gasteiger charge is 2.28. The third kappa shape index (κ3) is 3.33. The van der Waals surface area contributed by atoms with Crippen molar-refractivity contribution in [1.82, 2.24) is 25.9 Å². The van der Waals surface area contributed by atoms with Crippen molar-refractivity contribution in [2.24, 2.45) is 0 Å². The van der Waals surface area contributed by atoms with Crippen LogP contribution in [0.4, 0.5) is 10.2 Å². The molecule has 1 aromatic heterocycles. The van der Waals surface area contributed by atoms with Crippen molar-refractivity contribution in [1.29, 1.82) is 0 Å². The molecule has 0 fully saturated rings. The Morgan fingerprint density at radius 3 is 2.93 bits per heavy atom. The molecule has 29 heavy (non-hydrogen) atoms. The molecule has 8 nitrogen and oxygen atoms in total. The zero-order chi connectivity index (χ0) is 20.7. The number of carbonyl (C=O) groups excluding carboxylic acids is 1. The van der Waals surface area contributed by atoms with Gasteiger partial charge >= 0.3 is 0 Å². The molecule has 1 amide bonds. The van der Waals surface area contributed by atoms with Crippen LogP contribution in [0.25, 0.3) is 5.70 Å². The molecule has 0 saturated carbocycles. The highest BCUT2D eigenvalue weighted by Crippen LogP contribution is 2.33. The number of halogens is 1. The Kier molecular flexibility index (Phi) is 4.75. The van der Waals surface area contributed by atoms with Gasteiger partial charge in [0.1, 0.15) is 11.9 Å². The molecule has 2 bridgehead atoms. The fourth-order valence-electron chi connectivity index (χ4n) is 3.61. The second-order valence-electron chi connectivity index (χ2n) is 7.07. The summed E-state index contributed by atoms with van der Waals surface area (Å²) < 4.78 is 20.0. The Morgan fingerprint density at radius 1 is 1.38 bits per heavy atom. The Hall–Kier alpha value is -3.33. The van der Waals surface area contributed by atoms with E-state index in [1.54, 1.807) is 25.1 Å². The number of carbonyl (C=O) groups is 1. The molecule has 2 aromatic rings. The Labute approximate surface area is 168 Å². The molecule has 3 heterocycles. The maximum absolute atomic E-state index is 14.0. The first-order valence-corrected chi connectivity index (χ1v) is 9.38. The van der Waals surface area contributed by atoms with E-state index < -0.39 is 11.9 Å². The minimum atomic E-state index is -0.604. The van der Waals surface area contributed by atoms with Gasteiger partial charge in [-0.1, -0.05) is 0 Å².